The number of H-pyrrole nitrogens is 1. The summed E-state index contributed by atoms with van der Waals surface area (Å²) in [6.07, 6.45) is 0.374. The summed E-state index contributed by atoms with van der Waals surface area (Å²) in [6, 6.07) is 10.2. The molecule has 34 heavy (non-hydrogen) atoms. The average Bonchev–Trinajstić information content (AvgIpc) is 3.15. The molecule has 0 unspecified atom stereocenters. The van der Waals surface area contributed by atoms with Crippen LogP contribution in [-0.2, 0) is 18.8 Å². The minimum Gasteiger partial charge on any atom is -0.339 e. The fraction of sp³-hybridized carbons (Fsp3) is 0.217. The molecule has 11 heteroatoms. The Kier molecular flexibility index (Phi) is 4.17. The lowest BCUT2D eigenvalue weighted by molar-refractivity contribution is -0.137. The van der Waals surface area contributed by atoms with Gasteiger partial charge in [0.15, 0.2) is 5.65 Å². The monoisotopic (exact) mass is 465 g/mol. The Morgan fingerprint density at radius 2 is 1.88 bits per heavy atom. The molecular formula is C23H18F3N7O. The van der Waals surface area contributed by atoms with Crippen LogP contribution in [0.1, 0.15) is 34.6 Å². The molecular weight excluding hydrogens is 447 g/mol. The molecule has 0 aliphatic heterocycles. The van der Waals surface area contributed by atoms with Crippen molar-refractivity contribution in [2.75, 3.05) is 0 Å². The number of carbonyl (C=O) groups excluding carboxylic acids is 1. The molecule has 1 aliphatic carbocycles. The number of aromatic amines is 1. The fourth-order valence-electron chi connectivity index (χ4n) is 4.37. The fourth-order valence-corrected chi connectivity index (χ4v) is 4.37. The predicted molar refractivity (Wildman–Crippen MR) is 117 cm³/mol. The highest BCUT2D eigenvalue weighted by molar-refractivity contribution is 6.10. The van der Waals surface area contributed by atoms with Crippen molar-refractivity contribution in [1.82, 2.24) is 34.8 Å². The number of amides is 1. The lowest BCUT2D eigenvalue weighted by atomic mass is 10.1. The largest absolute Gasteiger partial charge is 0.416 e. The molecule has 1 amide bonds. The van der Waals surface area contributed by atoms with E-state index in [2.05, 4.69) is 25.6 Å². The molecule has 172 valence electrons. The van der Waals surface area contributed by atoms with Crippen LogP contribution in [0.15, 0.2) is 55.0 Å². The lowest BCUT2D eigenvalue weighted by Gasteiger charge is -2.15. The van der Waals surface area contributed by atoms with Gasteiger partial charge in [-0.2, -0.15) is 23.4 Å². The van der Waals surface area contributed by atoms with Crippen LogP contribution in [0.4, 0.5) is 13.2 Å². The van der Waals surface area contributed by atoms with Crippen LogP contribution in [0.25, 0.3) is 27.6 Å². The van der Waals surface area contributed by atoms with Gasteiger partial charge in [-0.25, -0.2) is 4.98 Å². The number of hydrogen-bond acceptors (Lipinski definition) is 4. The highest BCUT2D eigenvalue weighted by Crippen LogP contribution is 2.44. The second-order valence-corrected chi connectivity index (χ2v) is 8.52. The number of nitrogens with one attached hydrogen (secondary N) is 2. The topological polar surface area (TPSA) is 93.4 Å². The van der Waals surface area contributed by atoms with Gasteiger partial charge in [-0.3, -0.25) is 19.1 Å². The molecule has 3 aromatic heterocycles. The first kappa shape index (κ1) is 20.5. The molecule has 0 spiro atoms. The van der Waals surface area contributed by atoms with E-state index in [1.165, 1.54) is 18.5 Å². The number of aryl methyl sites for hydroxylation is 1. The molecule has 0 atom stereocenters. The zero-order chi connectivity index (χ0) is 23.7. The van der Waals surface area contributed by atoms with E-state index in [4.69, 9.17) is 0 Å². The summed E-state index contributed by atoms with van der Waals surface area (Å²) in [7, 11) is 1.77. The summed E-state index contributed by atoms with van der Waals surface area (Å²) >= 11 is 0. The predicted octanol–water partition coefficient (Wildman–Crippen LogP) is 4.07. The van der Waals surface area contributed by atoms with E-state index in [0.717, 1.165) is 41.3 Å². The van der Waals surface area contributed by atoms with Gasteiger partial charge < -0.3 is 5.32 Å². The van der Waals surface area contributed by atoms with Crippen molar-refractivity contribution < 1.29 is 18.0 Å². The minimum atomic E-state index is -4.41. The molecule has 0 saturated heterocycles. The third-order valence-electron chi connectivity index (χ3n) is 6.23. The highest BCUT2D eigenvalue weighted by Gasteiger charge is 2.48. The first-order valence-corrected chi connectivity index (χ1v) is 10.6. The molecule has 5 aromatic rings. The van der Waals surface area contributed by atoms with Crippen molar-refractivity contribution in [2.24, 2.45) is 7.05 Å². The van der Waals surface area contributed by atoms with Gasteiger partial charge in [-0.1, -0.05) is 0 Å². The summed E-state index contributed by atoms with van der Waals surface area (Å²) in [4.78, 5) is 17.3. The van der Waals surface area contributed by atoms with Crippen molar-refractivity contribution in [2.45, 2.75) is 24.6 Å². The third-order valence-corrected chi connectivity index (χ3v) is 6.23. The van der Waals surface area contributed by atoms with Gasteiger partial charge in [0.25, 0.3) is 5.91 Å². The van der Waals surface area contributed by atoms with Gasteiger partial charge in [-0.15, -0.1) is 0 Å². The summed E-state index contributed by atoms with van der Waals surface area (Å²) < 4.78 is 42.5. The number of halogens is 3. The van der Waals surface area contributed by atoms with Crippen molar-refractivity contribution in [3.63, 3.8) is 0 Å². The van der Waals surface area contributed by atoms with Gasteiger partial charge in [0.05, 0.1) is 16.6 Å². The van der Waals surface area contributed by atoms with Crippen LogP contribution < -0.4 is 5.32 Å². The van der Waals surface area contributed by atoms with Crippen LogP contribution in [0.2, 0.25) is 0 Å². The van der Waals surface area contributed by atoms with E-state index < -0.39 is 17.3 Å². The first-order chi connectivity index (χ1) is 16.2. The smallest absolute Gasteiger partial charge is 0.339 e. The van der Waals surface area contributed by atoms with Gasteiger partial charge in [0, 0.05) is 35.3 Å². The maximum Gasteiger partial charge on any atom is 0.416 e. The number of aromatic nitrogens is 6. The number of alkyl halides is 3. The molecule has 3 heterocycles. The Balaban J connectivity index is 1.42. The Hall–Kier alpha value is -4.15. The standard InChI is InChI=1S/C23H18F3N7O/c1-32-11-17-16-10-13(20(34)29-22(8-9-22)21-27-12-28-30-21)2-7-18(16)33(19(17)31-32)15-5-3-14(4-6-15)23(24,25)26/h2-7,10-12H,8-9H2,1H3,(H,29,34)(H,27,28,30). The lowest BCUT2D eigenvalue weighted by Crippen LogP contribution is -2.35. The number of rotatable bonds is 4. The molecule has 1 fully saturated rings. The van der Waals surface area contributed by atoms with Crippen LogP contribution in [0.3, 0.4) is 0 Å². The molecule has 0 radical (unpaired) electrons. The van der Waals surface area contributed by atoms with E-state index in [-0.39, 0.29) is 5.91 Å². The third kappa shape index (κ3) is 3.15. The molecule has 0 bridgehead atoms. The van der Waals surface area contributed by atoms with Gasteiger partial charge >= 0.3 is 6.18 Å². The Bertz CT molecular complexity index is 1540. The number of carbonyl (C=O) groups is 1. The second-order valence-electron chi connectivity index (χ2n) is 8.52. The Morgan fingerprint density at radius 3 is 2.53 bits per heavy atom. The number of hydrogen-bond donors (Lipinski definition) is 2. The maximum atomic E-state index is 13.1. The van der Waals surface area contributed by atoms with E-state index in [1.807, 2.05) is 6.20 Å². The van der Waals surface area contributed by atoms with Crippen molar-refractivity contribution >= 4 is 27.8 Å². The summed E-state index contributed by atoms with van der Waals surface area (Å²) in [6.45, 7) is 0. The Labute approximate surface area is 190 Å². The van der Waals surface area contributed by atoms with Crippen molar-refractivity contribution in [3.8, 4) is 5.69 Å². The second kappa shape index (κ2) is 6.92. The number of fused-ring (bicyclic) bond motifs is 3. The van der Waals surface area contributed by atoms with E-state index in [1.54, 1.807) is 34.5 Å². The van der Waals surface area contributed by atoms with Gasteiger partial charge in [-0.05, 0) is 55.3 Å². The SMILES string of the molecule is Cn1cc2c3cc(C(=O)NC4(c5ncn[nH]5)CC4)ccc3n(-c3ccc(C(F)(F)F)cc3)c2n1. The summed E-state index contributed by atoms with van der Waals surface area (Å²) in [5.74, 6) is 0.389. The van der Waals surface area contributed by atoms with Crippen LogP contribution in [0.5, 0.6) is 0 Å². The van der Waals surface area contributed by atoms with Crippen LogP contribution >= 0.6 is 0 Å². The summed E-state index contributed by atoms with van der Waals surface area (Å²) in [5.41, 5.74) is 1.10. The molecule has 8 nitrogen and oxygen atoms in total. The van der Waals surface area contributed by atoms with E-state index in [9.17, 15) is 18.0 Å². The maximum absolute atomic E-state index is 13.1. The van der Waals surface area contributed by atoms with E-state index >= 15 is 0 Å². The number of nitrogens with zero attached hydrogens (tertiary/aromatic N) is 5. The zero-order valence-electron chi connectivity index (χ0n) is 17.9. The minimum absolute atomic E-state index is 0.241. The molecule has 2 aromatic carbocycles. The molecule has 1 aliphatic rings. The molecule has 6 rings (SSSR count). The quantitative estimate of drug-likeness (QED) is 0.418. The van der Waals surface area contributed by atoms with Crippen molar-refractivity contribution in [3.05, 3.63) is 71.9 Å². The molecule has 2 N–H and O–H groups in total. The van der Waals surface area contributed by atoms with Crippen LogP contribution in [0, 0.1) is 0 Å². The summed E-state index contributed by atoms with van der Waals surface area (Å²) in [5, 5.41) is 15.8. The first-order valence-electron chi connectivity index (χ1n) is 10.6. The Morgan fingerprint density at radius 1 is 1.12 bits per heavy atom. The van der Waals surface area contributed by atoms with Crippen molar-refractivity contribution in [1.29, 1.82) is 0 Å². The van der Waals surface area contributed by atoms with Crippen LogP contribution in [-0.4, -0.2) is 35.4 Å². The highest BCUT2D eigenvalue weighted by atomic mass is 19.4. The van der Waals surface area contributed by atoms with E-state index in [0.29, 0.717) is 22.7 Å². The molecule has 1 saturated carbocycles. The average molecular weight is 465 g/mol. The normalized spacial score (nSPS) is 15.2. The zero-order valence-corrected chi connectivity index (χ0v) is 17.9. The van der Waals surface area contributed by atoms with Gasteiger partial charge in [0.2, 0.25) is 0 Å². The number of benzene rings is 2. The van der Waals surface area contributed by atoms with Gasteiger partial charge in [0.1, 0.15) is 12.2 Å².